The third-order valence-corrected chi connectivity index (χ3v) is 2.78. The predicted octanol–water partition coefficient (Wildman–Crippen LogP) is 4.25. The highest BCUT2D eigenvalue weighted by Crippen LogP contribution is 2.19. The number of azide groups is 1. The smallest absolute Gasteiger partial charge is 0.0885 e. The molecule has 0 aliphatic rings. The fourth-order valence-corrected chi connectivity index (χ4v) is 1.80. The summed E-state index contributed by atoms with van der Waals surface area (Å²) >= 11 is 0. The van der Waals surface area contributed by atoms with Crippen LogP contribution in [0.5, 0.6) is 0 Å². The fourth-order valence-electron chi connectivity index (χ4n) is 1.80. The minimum Gasteiger partial charge on any atom is -0.369 e. The molecule has 96 valence electrons. The third-order valence-electron chi connectivity index (χ3n) is 2.78. The van der Waals surface area contributed by atoms with Crippen molar-refractivity contribution in [3.63, 3.8) is 0 Å². The normalized spacial score (nSPS) is 11.6. The summed E-state index contributed by atoms with van der Waals surface area (Å²) in [6, 6.07) is 19.7. The number of benzene rings is 2. The van der Waals surface area contributed by atoms with Crippen molar-refractivity contribution in [2.75, 3.05) is 6.54 Å². The first-order chi connectivity index (χ1) is 9.40. The van der Waals surface area contributed by atoms with Crippen LogP contribution >= 0.6 is 0 Å². The van der Waals surface area contributed by atoms with Crippen LogP contribution in [0, 0.1) is 0 Å². The van der Waals surface area contributed by atoms with Gasteiger partial charge in [-0.3, -0.25) is 0 Å². The van der Waals surface area contributed by atoms with E-state index in [0.717, 1.165) is 11.1 Å². The van der Waals surface area contributed by atoms with Crippen molar-refractivity contribution in [2.45, 2.75) is 12.7 Å². The van der Waals surface area contributed by atoms with Crippen molar-refractivity contribution in [1.82, 2.24) is 0 Å². The zero-order valence-electron chi connectivity index (χ0n) is 10.5. The van der Waals surface area contributed by atoms with Crippen molar-refractivity contribution >= 4 is 0 Å². The second kappa shape index (κ2) is 7.21. The molecule has 0 N–H and O–H groups in total. The lowest BCUT2D eigenvalue weighted by Crippen LogP contribution is -2.07. The van der Waals surface area contributed by atoms with Crippen LogP contribution in [-0.4, -0.2) is 6.54 Å². The van der Waals surface area contributed by atoms with E-state index in [2.05, 4.69) is 10.0 Å². The van der Waals surface area contributed by atoms with Crippen LogP contribution < -0.4 is 0 Å². The zero-order valence-corrected chi connectivity index (χ0v) is 10.5. The molecule has 19 heavy (non-hydrogen) atoms. The summed E-state index contributed by atoms with van der Waals surface area (Å²) in [6.07, 6.45) is -0.211. The van der Waals surface area contributed by atoms with Crippen molar-refractivity contribution in [2.24, 2.45) is 5.11 Å². The maximum Gasteiger partial charge on any atom is 0.0885 e. The summed E-state index contributed by atoms with van der Waals surface area (Å²) in [7, 11) is 0. The maximum atomic E-state index is 8.45. The van der Waals surface area contributed by atoms with Gasteiger partial charge in [0.05, 0.1) is 19.3 Å². The third kappa shape index (κ3) is 4.14. The molecule has 0 saturated heterocycles. The van der Waals surface area contributed by atoms with Gasteiger partial charge in [0, 0.05) is 4.91 Å². The molecule has 0 fully saturated rings. The van der Waals surface area contributed by atoms with Gasteiger partial charge in [0.1, 0.15) is 0 Å². The van der Waals surface area contributed by atoms with Crippen LogP contribution in [-0.2, 0) is 11.3 Å². The average molecular weight is 253 g/mol. The van der Waals surface area contributed by atoms with Crippen LogP contribution in [0.15, 0.2) is 65.8 Å². The molecule has 0 aliphatic carbocycles. The maximum absolute atomic E-state index is 8.45. The molecule has 0 spiro atoms. The Kier molecular flexibility index (Phi) is 4.99. The van der Waals surface area contributed by atoms with Gasteiger partial charge in [-0.15, -0.1) is 0 Å². The van der Waals surface area contributed by atoms with E-state index in [1.807, 2.05) is 60.7 Å². The Balaban J connectivity index is 2.04. The lowest BCUT2D eigenvalue weighted by Gasteiger charge is -2.16. The highest BCUT2D eigenvalue weighted by Gasteiger charge is 2.10. The molecule has 0 bridgehead atoms. The summed E-state index contributed by atoms with van der Waals surface area (Å²) in [5.74, 6) is 0. The Morgan fingerprint density at radius 1 is 1.00 bits per heavy atom. The molecule has 0 radical (unpaired) electrons. The molecule has 0 unspecified atom stereocenters. The van der Waals surface area contributed by atoms with Gasteiger partial charge in [0.15, 0.2) is 0 Å². The van der Waals surface area contributed by atoms with Crippen LogP contribution in [0.3, 0.4) is 0 Å². The van der Waals surface area contributed by atoms with Gasteiger partial charge in [-0.05, 0) is 16.7 Å². The van der Waals surface area contributed by atoms with Crippen molar-refractivity contribution in [3.05, 3.63) is 82.2 Å². The van der Waals surface area contributed by atoms with E-state index in [9.17, 15) is 0 Å². The largest absolute Gasteiger partial charge is 0.369 e. The first-order valence-corrected chi connectivity index (χ1v) is 6.11. The molecule has 1 atom stereocenters. The van der Waals surface area contributed by atoms with E-state index >= 15 is 0 Å². The summed E-state index contributed by atoms with van der Waals surface area (Å²) < 4.78 is 5.85. The number of nitrogens with zero attached hydrogens (tertiary/aromatic N) is 3. The molecule has 0 amide bonds. The highest BCUT2D eigenvalue weighted by atomic mass is 16.5. The second-order valence-corrected chi connectivity index (χ2v) is 4.11. The van der Waals surface area contributed by atoms with Crippen molar-refractivity contribution < 1.29 is 4.74 Å². The van der Waals surface area contributed by atoms with Crippen LogP contribution in [0.1, 0.15) is 17.2 Å². The topological polar surface area (TPSA) is 58.0 Å². The second-order valence-electron chi connectivity index (χ2n) is 4.11. The molecule has 2 rings (SSSR count). The number of hydrogen-bond acceptors (Lipinski definition) is 2. The Morgan fingerprint density at radius 2 is 1.63 bits per heavy atom. The predicted molar refractivity (Wildman–Crippen MR) is 74.4 cm³/mol. The average Bonchev–Trinajstić information content (AvgIpc) is 2.49. The first kappa shape index (κ1) is 13.1. The fraction of sp³-hybridized carbons (Fsp3) is 0.200. The molecular formula is C15H15N3O. The van der Waals surface area contributed by atoms with Gasteiger partial charge in [0.2, 0.25) is 0 Å². The summed E-state index contributed by atoms with van der Waals surface area (Å²) in [6.45, 7) is 0.800. The Bertz CT molecular complexity index is 536. The van der Waals surface area contributed by atoms with E-state index in [1.54, 1.807) is 0 Å². The van der Waals surface area contributed by atoms with Gasteiger partial charge < -0.3 is 4.74 Å². The molecule has 4 heteroatoms. The molecule has 0 heterocycles. The van der Waals surface area contributed by atoms with E-state index in [4.69, 9.17) is 10.3 Å². The lowest BCUT2D eigenvalue weighted by atomic mass is 10.1. The Labute approximate surface area is 112 Å². The molecule has 0 aromatic heterocycles. The van der Waals surface area contributed by atoms with Gasteiger partial charge in [-0.1, -0.05) is 65.8 Å². The Hall–Kier alpha value is -2.29. The molecule has 0 saturated carbocycles. The molecule has 4 nitrogen and oxygen atoms in total. The summed E-state index contributed by atoms with van der Waals surface area (Å²) in [5, 5.41) is 3.62. The van der Waals surface area contributed by atoms with Gasteiger partial charge in [-0.2, -0.15) is 0 Å². The van der Waals surface area contributed by atoms with Gasteiger partial charge in [-0.25, -0.2) is 0 Å². The quantitative estimate of drug-likeness (QED) is 0.431. The number of ether oxygens (including phenoxy) is 1. The molecule has 2 aromatic rings. The molecule has 2 aromatic carbocycles. The SMILES string of the molecule is [N-]=[N+]=NC[C@@H](OCc1ccccc1)c1ccccc1. The van der Waals surface area contributed by atoms with E-state index in [1.165, 1.54) is 0 Å². The Morgan fingerprint density at radius 3 is 2.26 bits per heavy atom. The van der Waals surface area contributed by atoms with E-state index in [-0.39, 0.29) is 6.10 Å². The monoisotopic (exact) mass is 253 g/mol. The lowest BCUT2D eigenvalue weighted by molar-refractivity contribution is 0.0457. The van der Waals surface area contributed by atoms with Crippen LogP contribution in [0.2, 0.25) is 0 Å². The minimum absolute atomic E-state index is 0.211. The summed E-state index contributed by atoms with van der Waals surface area (Å²) in [5.41, 5.74) is 10.6. The standard InChI is InChI=1S/C15H15N3O/c16-18-17-11-15(14-9-5-2-6-10-14)19-12-13-7-3-1-4-8-13/h1-10,15H,11-12H2/t15-/m1/s1. The molecular weight excluding hydrogens is 238 g/mol. The number of rotatable bonds is 6. The van der Waals surface area contributed by atoms with Gasteiger partial charge in [0.25, 0.3) is 0 Å². The zero-order chi connectivity index (χ0) is 13.3. The highest BCUT2D eigenvalue weighted by molar-refractivity contribution is 5.18. The summed E-state index contributed by atoms with van der Waals surface area (Å²) in [4.78, 5) is 2.80. The van der Waals surface area contributed by atoms with Crippen LogP contribution in [0.4, 0.5) is 0 Å². The van der Waals surface area contributed by atoms with Crippen molar-refractivity contribution in [3.8, 4) is 0 Å². The first-order valence-electron chi connectivity index (χ1n) is 6.11. The van der Waals surface area contributed by atoms with E-state index in [0.29, 0.717) is 13.2 Å². The molecule has 0 aliphatic heterocycles. The van der Waals surface area contributed by atoms with E-state index < -0.39 is 0 Å². The minimum atomic E-state index is -0.211. The number of hydrogen-bond donors (Lipinski definition) is 0. The van der Waals surface area contributed by atoms with Gasteiger partial charge >= 0.3 is 0 Å². The van der Waals surface area contributed by atoms with Crippen molar-refractivity contribution in [1.29, 1.82) is 0 Å². The van der Waals surface area contributed by atoms with Crippen LogP contribution in [0.25, 0.3) is 10.4 Å².